The summed E-state index contributed by atoms with van der Waals surface area (Å²) in [5, 5.41) is 2.87. The van der Waals surface area contributed by atoms with Crippen molar-refractivity contribution in [3.63, 3.8) is 0 Å². The molecule has 1 aliphatic heterocycles. The third kappa shape index (κ3) is 4.40. The molecular weight excluding hydrogens is 414 g/mol. The summed E-state index contributed by atoms with van der Waals surface area (Å²) in [4.78, 5) is 32.4. The molecule has 1 aromatic heterocycles. The number of halogens is 1. The minimum atomic E-state index is -0.149. The summed E-state index contributed by atoms with van der Waals surface area (Å²) in [5.41, 5.74) is 2.11. The molecule has 136 valence electrons. The zero-order valence-corrected chi connectivity index (χ0v) is 16.9. The van der Waals surface area contributed by atoms with Crippen molar-refractivity contribution in [3.8, 4) is 0 Å². The maximum absolute atomic E-state index is 12.9. The Morgan fingerprint density at radius 3 is 2.85 bits per heavy atom. The molecule has 2 aromatic rings. The minimum absolute atomic E-state index is 0.0104. The molecule has 7 heteroatoms. The van der Waals surface area contributed by atoms with E-state index in [1.165, 1.54) is 4.90 Å². The van der Waals surface area contributed by atoms with E-state index in [1.54, 1.807) is 11.3 Å². The highest BCUT2D eigenvalue weighted by Gasteiger charge is 2.26. The number of para-hydroxylation sites is 2. The zero-order valence-electron chi connectivity index (χ0n) is 14.5. The lowest BCUT2D eigenvalue weighted by Crippen LogP contribution is -2.41. The summed E-state index contributed by atoms with van der Waals surface area (Å²) in [5.74, 6) is -0.271. The summed E-state index contributed by atoms with van der Waals surface area (Å²) in [7, 11) is 0. The van der Waals surface area contributed by atoms with Crippen LogP contribution < -0.4 is 10.2 Å². The van der Waals surface area contributed by atoms with Gasteiger partial charge in [0.05, 0.1) is 32.2 Å². The number of hydrogen-bond acceptors (Lipinski definition) is 4. The van der Waals surface area contributed by atoms with Gasteiger partial charge in [-0.05, 0) is 46.6 Å². The number of hydrogen-bond donors (Lipinski definition) is 1. The molecule has 5 nitrogen and oxygen atoms in total. The molecule has 1 aliphatic rings. The summed E-state index contributed by atoms with van der Waals surface area (Å²) in [6.45, 7) is 2.71. The summed E-state index contributed by atoms with van der Waals surface area (Å²) < 4.78 is 0.993. The molecule has 0 saturated carbocycles. The highest BCUT2D eigenvalue weighted by molar-refractivity contribution is 9.11. The molecular formula is C19H20BrN3O2S. The smallest absolute Gasteiger partial charge is 0.240 e. The monoisotopic (exact) mass is 433 g/mol. The first-order chi connectivity index (χ1) is 12.6. The van der Waals surface area contributed by atoms with Crippen molar-refractivity contribution in [1.29, 1.82) is 0 Å². The molecule has 1 aromatic carbocycles. The Morgan fingerprint density at radius 2 is 2.12 bits per heavy atom. The maximum atomic E-state index is 12.9. The average Bonchev–Trinajstić information content (AvgIpc) is 3.00. The van der Waals surface area contributed by atoms with Crippen LogP contribution in [0, 0.1) is 0 Å². The van der Waals surface area contributed by atoms with Gasteiger partial charge in [-0.25, -0.2) is 4.99 Å². The summed E-state index contributed by atoms with van der Waals surface area (Å²) >= 11 is 5.00. The van der Waals surface area contributed by atoms with Crippen LogP contribution in [0.3, 0.4) is 0 Å². The van der Waals surface area contributed by atoms with Crippen molar-refractivity contribution in [2.24, 2.45) is 4.99 Å². The van der Waals surface area contributed by atoms with E-state index < -0.39 is 0 Å². The van der Waals surface area contributed by atoms with Crippen LogP contribution in [0.4, 0.5) is 11.4 Å². The molecule has 26 heavy (non-hydrogen) atoms. The Morgan fingerprint density at radius 1 is 1.31 bits per heavy atom. The van der Waals surface area contributed by atoms with Crippen LogP contribution in [0.1, 0.15) is 31.1 Å². The predicted octanol–water partition coefficient (Wildman–Crippen LogP) is 4.28. The first-order valence-electron chi connectivity index (χ1n) is 8.58. The van der Waals surface area contributed by atoms with Crippen molar-refractivity contribution in [2.45, 2.75) is 26.2 Å². The van der Waals surface area contributed by atoms with Gasteiger partial charge in [-0.15, -0.1) is 11.3 Å². The Bertz CT molecular complexity index is 847. The van der Waals surface area contributed by atoms with Crippen LogP contribution in [-0.2, 0) is 9.59 Å². The van der Waals surface area contributed by atoms with E-state index in [1.807, 2.05) is 36.4 Å². The van der Waals surface area contributed by atoms with E-state index in [9.17, 15) is 9.59 Å². The van der Waals surface area contributed by atoms with Gasteiger partial charge in [0.25, 0.3) is 0 Å². The Labute approximate surface area is 165 Å². The number of nitrogens with one attached hydrogen (secondary N) is 1. The van der Waals surface area contributed by atoms with Crippen LogP contribution in [0.25, 0.3) is 0 Å². The van der Waals surface area contributed by atoms with Crippen molar-refractivity contribution in [2.75, 3.05) is 18.0 Å². The second-order valence-corrected chi connectivity index (χ2v) is 8.47. The highest BCUT2D eigenvalue weighted by atomic mass is 79.9. The van der Waals surface area contributed by atoms with Crippen LogP contribution in [-0.4, -0.2) is 30.6 Å². The molecule has 2 heterocycles. The van der Waals surface area contributed by atoms with Crippen molar-refractivity contribution < 1.29 is 9.59 Å². The molecule has 0 saturated heterocycles. The molecule has 0 fully saturated rings. The zero-order chi connectivity index (χ0) is 18.5. The molecule has 0 bridgehead atoms. The van der Waals surface area contributed by atoms with Gasteiger partial charge in [-0.1, -0.05) is 25.5 Å². The lowest BCUT2D eigenvalue weighted by atomic mass is 10.2. The Hall–Kier alpha value is -1.99. The molecule has 1 N–H and O–H groups in total. The molecule has 3 rings (SSSR count). The van der Waals surface area contributed by atoms with Gasteiger partial charge in [0.2, 0.25) is 11.8 Å². The SMILES string of the molecule is CCCCNC(=O)CN1C(=O)CC(c2ccc(Br)s2)=Nc2ccccc21. The Balaban J connectivity index is 1.86. The number of fused-ring (bicyclic) bond motifs is 1. The number of nitrogens with zero attached hydrogens (tertiary/aromatic N) is 2. The molecule has 2 amide bonds. The number of carbonyl (C=O) groups excluding carboxylic acids is 2. The van der Waals surface area contributed by atoms with E-state index >= 15 is 0 Å². The maximum Gasteiger partial charge on any atom is 0.240 e. The average molecular weight is 434 g/mol. The number of benzene rings is 1. The molecule has 0 spiro atoms. The number of carbonyl (C=O) groups is 2. The molecule has 0 atom stereocenters. The first-order valence-corrected chi connectivity index (χ1v) is 10.2. The summed E-state index contributed by atoms with van der Waals surface area (Å²) in [6, 6.07) is 11.4. The van der Waals surface area contributed by atoms with Crippen molar-refractivity contribution >= 4 is 56.2 Å². The number of rotatable bonds is 6. The molecule has 0 unspecified atom stereocenters. The van der Waals surface area contributed by atoms with E-state index in [2.05, 4.69) is 28.2 Å². The third-order valence-corrected chi connectivity index (χ3v) is 5.73. The second kappa shape index (κ2) is 8.60. The van der Waals surface area contributed by atoms with Crippen LogP contribution in [0.5, 0.6) is 0 Å². The lowest BCUT2D eigenvalue weighted by molar-refractivity contribution is -0.123. The number of thiophene rings is 1. The molecule has 0 radical (unpaired) electrons. The van der Waals surface area contributed by atoms with Gasteiger partial charge in [-0.3, -0.25) is 9.59 Å². The van der Waals surface area contributed by atoms with E-state index in [-0.39, 0.29) is 24.8 Å². The van der Waals surface area contributed by atoms with Gasteiger partial charge < -0.3 is 10.2 Å². The fourth-order valence-electron chi connectivity index (χ4n) is 2.73. The first kappa shape index (κ1) is 18.8. The molecule has 0 aliphatic carbocycles. The predicted molar refractivity (Wildman–Crippen MR) is 110 cm³/mol. The quantitative estimate of drug-likeness (QED) is 0.690. The second-order valence-electron chi connectivity index (χ2n) is 6.01. The van der Waals surface area contributed by atoms with Gasteiger partial charge in [-0.2, -0.15) is 0 Å². The number of unbranched alkanes of at least 4 members (excludes halogenated alkanes) is 1. The van der Waals surface area contributed by atoms with Crippen molar-refractivity contribution in [1.82, 2.24) is 5.32 Å². The van der Waals surface area contributed by atoms with Gasteiger partial charge in [0.1, 0.15) is 6.54 Å². The van der Waals surface area contributed by atoms with E-state index in [0.717, 1.165) is 27.2 Å². The fourth-order valence-corrected chi connectivity index (χ4v) is 4.11. The van der Waals surface area contributed by atoms with Crippen molar-refractivity contribution in [3.05, 3.63) is 45.1 Å². The van der Waals surface area contributed by atoms with Crippen LogP contribution >= 0.6 is 27.3 Å². The largest absolute Gasteiger partial charge is 0.355 e. The van der Waals surface area contributed by atoms with Gasteiger partial charge in [0.15, 0.2) is 0 Å². The van der Waals surface area contributed by atoms with Gasteiger partial charge >= 0.3 is 0 Å². The van der Waals surface area contributed by atoms with Crippen LogP contribution in [0.2, 0.25) is 0 Å². The van der Waals surface area contributed by atoms with Crippen LogP contribution in [0.15, 0.2) is 45.2 Å². The van der Waals surface area contributed by atoms with E-state index in [0.29, 0.717) is 17.9 Å². The van der Waals surface area contributed by atoms with E-state index in [4.69, 9.17) is 4.99 Å². The fraction of sp³-hybridized carbons (Fsp3) is 0.316. The third-order valence-electron chi connectivity index (χ3n) is 4.06. The highest BCUT2D eigenvalue weighted by Crippen LogP contribution is 2.34. The topological polar surface area (TPSA) is 61.8 Å². The number of aliphatic imine (C=N–C) groups is 1. The normalized spacial score (nSPS) is 13.8. The summed E-state index contributed by atoms with van der Waals surface area (Å²) in [6.07, 6.45) is 2.11. The standard InChI is InChI=1S/C19H20BrN3O2S/c1-2-3-10-21-18(24)12-23-15-7-5-4-6-13(15)22-14(11-19(23)25)16-8-9-17(20)26-16/h4-9H,2-3,10-12H2,1H3,(H,21,24). The van der Waals surface area contributed by atoms with Gasteiger partial charge in [0, 0.05) is 6.54 Å². The number of anilines is 1. The Kier molecular flexibility index (Phi) is 6.21. The number of amides is 2. The minimum Gasteiger partial charge on any atom is -0.355 e. The lowest BCUT2D eigenvalue weighted by Gasteiger charge is -2.21.